The maximum Gasteiger partial charge on any atom is 0.311 e. The molecule has 1 aromatic rings. The molecular weight excluding hydrogens is 244 g/mol. The van der Waals surface area contributed by atoms with Crippen molar-refractivity contribution in [3.63, 3.8) is 0 Å². The average Bonchev–Trinajstić information content (AvgIpc) is 2.31. The number of hydrogen-bond donors (Lipinski definition) is 0. The number of rotatable bonds is 5. The van der Waals surface area contributed by atoms with E-state index >= 15 is 0 Å². The third-order valence-electron chi connectivity index (χ3n) is 2.50. The van der Waals surface area contributed by atoms with Gasteiger partial charge in [0.25, 0.3) is 6.43 Å². The van der Waals surface area contributed by atoms with E-state index < -0.39 is 12.4 Å². The van der Waals surface area contributed by atoms with Gasteiger partial charge in [0.15, 0.2) is 0 Å². The second-order valence-electron chi connectivity index (χ2n) is 3.59. The molecule has 0 aromatic carbocycles. The molecular formula is C12H15F2NO3. The lowest BCUT2D eigenvalue weighted by molar-refractivity contribution is -0.142. The van der Waals surface area contributed by atoms with Crippen molar-refractivity contribution >= 4 is 5.97 Å². The number of carbonyl (C=O) groups is 1. The van der Waals surface area contributed by atoms with Gasteiger partial charge in [-0.1, -0.05) is 0 Å². The second kappa shape index (κ2) is 6.28. The van der Waals surface area contributed by atoms with Gasteiger partial charge in [-0.05, 0) is 19.4 Å². The molecule has 100 valence electrons. The first-order chi connectivity index (χ1) is 8.51. The summed E-state index contributed by atoms with van der Waals surface area (Å²) < 4.78 is 35.4. The van der Waals surface area contributed by atoms with Crippen molar-refractivity contribution in [3.05, 3.63) is 23.0 Å². The van der Waals surface area contributed by atoms with Gasteiger partial charge in [-0.15, -0.1) is 0 Å². The number of halogens is 2. The van der Waals surface area contributed by atoms with Crippen LogP contribution < -0.4 is 4.74 Å². The normalized spacial score (nSPS) is 10.6. The van der Waals surface area contributed by atoms with E-state index in [2.05, 4.69) is 4.98 Å². The Kier molecular flexibility index (Phi) is 5.00. The monoisotopic (exact) mass is 259 g/mol. The lowest BCUT2D eigenvalue weighted by Crippen LogP contribution is -2.11. The Hall–Kier alpha value is -1.72. The Labute approximate surface area is 104 Å². The molecule has 0 radical (unpaired) electrons. The largest absolute Gasteiger partial charge is 0.495 e. The van der Waals surface area contributed by atoms with Crippen LogP contribution in [0.25, 0.3) is 0 Å². The van der Waals surface area contributed by atoms with E-state index in [1.807, 2.05) is 0 Å². The second-order valence-corrected chi connectivity index (χ2v) is 3.59. The minimum atomic E-state index is -2.68. The standard InChI is InChI=1S/C12H15F2NO3/c1-4-18-10(16)5-8-7(2)11(12(13)14)9(17-3)6-15-8/h6,12H,4-5H2,1-3H3. The van der Waals surface area contributed by atoms with Crippen molar-refractivity contribution in [2.75, 3.05) is 13.7 Å². The number of esters is 1. The van der Waals surface area contributed by atoms with Crippen LogP contribution in [0.2, 0.25) is 0 Å². The van der Waals surface area contributed by atoms with Gasteiger partial charge < -0.3 is 9.47 Å². The summed E-state index contributed by atoms with van der Waals surface area (Å²) in [6.45, 7) is 3.41. The Balaban J connectivity index is 3.08. The summed E-state index contributed by atoms with van der Waals surface area (Å²) in [5.41, 5.74) is 0.314. The van der Waals surface area contributed by atoms with Gasteiger partial charge in [0.1, 0.15) is 5.75 Å². The minimum Gasteiger partial charge on any atom is -0.495 e. The number of pyridine rings is 1. The van der Waals surface area contributed by atoms with Crippen molar-refractivity contribution in [1.82, 2.24) is 4.98 Å². The van der Waals surface area contributed by atoms with Crippen molar-refractivity contribution in [3.8, 4) is 5.75 Å². The average molecular weight is 259 g/mol. The molecule has 0 atom stereocenters. The summed E-state index contributed by atoms with van der Waals surface area (Å²) in [5, 5.41) is 0. The fourth-order valence-corrected chi connectivity index (χ4v) is 1.60. The molecule has 0 saturated heterocycles. The number of aromatic nitrogens is 1. The number of alkyl halides is 2. The molecule has 0 saturated carbocycles. The Bertz CT molecular complexity index is 436. The van der Waals surface area contributed by atoms with Gasteiger partial charge in [-0.3, -0.25) is 9.78 Å². The molecule has 4 nitrogen and oxygen atoms in total. The van der Waals surface area contributed by atoms with Crippen molar-refractivity contribution < 1.29 is 23.0 Å². The van der Waals surface area contributed by atoms with Crippen LogP contribution in [0.5, 0.6) is 5.75 Å². The highest BCUT2D eigenvalue weighted by atomic mass is 19.3. The molecule has 0 spiro atoms. The molecule has 6 heteroatoms. The molecule has 0 unspecified atom stereocenters. The maximum absolute atomic E-state index is 12.9. The van der Waals surface area contributed by atoms with Gasteiger partial charge in [0, 0.05) is 0 Å². The van der Waals surface area contributed by atoms with Crippen molar-refractivity contribution in [2.45, 2.75) is 26.7 Å². The Morgan fingerprint density at radius 3 is 2.67 bits per heavy atom. The van der Waals surface area contributed by atoms with Crippen LogP contribution in [-0.4, -0.2) is 24.7 Å². The van der Waals surface area contributed by atoms with Gasteiger partial charge >= 0.3 is 5.97 Å². The molecule has 0 N–H and O–H groups in total. The molecule has 0 amide bonds. The van der Waals surface area contributed by atoms with Crippen LogP contribution in [0.15, 0.2) is 6.20 Å². The first-order valence-corrected chi connectivity index (χ1v) is 5.47. The van der Waals surface area contributed by atoms with E-state index in [9.17, 15) is 13.6 Å². The number of methoxy groups -OCH3 is 1. The summed E-state index contributed by atoms with van der Waals surface area (Å²) in [6.07, 6.45) is -1.60. The van der Waals surface area contributed by atoms with Gasteiger partial charge in [-0.2, -0.15) is 0 Å². The summed E-state index contributed by atoms with van der Waals surface area (Å²) in [7, 11) is 1.30. The van der Waals surface area contributed by atoms with Crippen molar-refractivity contribution in [2.24, 2.45) is 0 Å². The highest BCUT2D eigenvalue weighted by Gasteiger charge is 2.21. The van der Waals surface area contributed by atoms with E-state index in [-0.39, 0.29) is 35.6 Å². The van der Waals surface area contributed by atoms with Crippen LogP contribution in [0.1, 0.15) is 30.2 Å². The van der Waals surface area contributed by atoms with E-state index in [1.165, 1.54) is 20.2 Å². The number of carbonyl (C=O) groups excluding carboxylic acids is 1. The Morgan fingerprint density at radius 1 is 1.50 bits per heavy atom. The fraction of sp³-hybridized carbons (Fsp3) is 0.500. The smallest absolute Gasteiger partial charge is 0.311 e. The summed E-state index contributed by atoms with van der Waals surface area (Å²) in [6, 6.07) is 0. The maximum atomic E-state index is 12.9. The van der Waals surface area contributed by atoms with E-state index in [0.29, 0.717) is 0 Å². The number of ether oxygens (including phenoxy) is 2. The molecule has 1 heterocycles. The minimum absolute atomic E-state index is 0.0232. The third-order valence-corrected chi connectivity index (χ3v) is 2.50. The predicted octanol–water partition coefficient (Wildman–Crippen LogP) is 2.44. The van der Waals surface area contributed by atoms with E-state index in [0.717, 1.165) is 0 Å². The van der Waals surface area contributed by atoms with Crippen LogP contribution in [0.3, 0.4) is 0 Å². The Morgan fingerprint density at radius 2 is 2.17 bits per heavy atom. The molecule has 0 aliphatic heterocycles. The summed E-state index contributed by atoms with van der Waals surface area (Å²) in [5.74, 6) is -0.464. The lowest BCUT2D eigenvalue weighted by atomic mass is 10.1. The predicted molar refractivity (Wildman–Crippen MR) is 60.8 cm³/mol. The molecule has 18 heavy (non-hydrogen) atoms. The first kappa shape index (κ1) is 14.3. The van der Waals surface area contributed by atoms with Gasteiger partial charge in [0.05, 0.1) is 37.6 Å². The van der Waals surface area contributed by atoms with E-state index in [1.54, 1.807) is 6.92 Å². The van der Waals surface area contributed by atoms with Crippen LogP contribution >= 0.6 is 0 Å². The zero-order chi connectivity index (χ0) is 13.7. The zero-order valence-corrected chi connectivity index (χ0v) is 10.5. The molecule has 1 rings (SSSR count). The summed E-state index contributed by atoms with van der Waals surface area (Å²) in [4.78, 5) is 15.3. The van der Waals surface area contributed by atoms with Crippen molar-refractivity contribution in [1.29, 1.82) is 0 Å². The molecule has 0 aliphatic rings. The van der Waals surface area contributed by atoms with Crippen LogP contribution in [-0.2, 0) is 16.0 Å². The SMILES string of the molecule is CCOC(=O)Cc1ncc(OC)c(C(F)F)c1C. The zero-order valence-electron chi connectivity index (χ0n) is 10.5. The molecule has 0 fully saturated rings. The van der Waals surface area contributed by atoms with Crippen LogP contribution in [0.4, 0.5) is 8.78 Å². The highest BCUT2D eigenvalue weighted by Crippen LogP contribution is 2.32. The molecule has 0 aliphatic carbocycles. The van der Waals surface area contributed by atoms with Crippen LogP contribution in [0, 0.1) is 6.92 Å². The summed E-state index contributed by atoms with van der Waals surface area (Å²) >= 11 is 0. The molecule has 0 bridgehead atoms. The quantitative estimate of drug-likeness (QED) is 0.762. The topological polar surface area (TPSA) is 48.4 Å². The third kappa shape index (κ3) is 3.15. The lowest BCUT2D eigenvalue weighted by Gasteiger charge is -2.13. The first-order valence-electron chi connectivity index (χ1n) is 5.47. The number of nitrogens with zero attached hydrogens (tertiary/aromatic N) is 1. The fourth-order valence-electron chi connectivity index (χ4n) is 1.60. The highest BCUT2D eigenvalue weighted by molar-refractivity contribution is 5.72. The van der Waals surface area contributed by atoms with Gasteiger partial charge in [-0.25, -0.2) is 8.78 Å². The molecule has 1 aromatic heterocycles. The van der Waals surface area contributed by atoms with Gasteiger partial charge in [0.2, 0.25) is 0 Å². The van der Waals surface area contributed by atoms with E-state index in [4.69, 9.17) is 9.47 Å². The number of hydrogen-bond acceptors (Lipinski definition) is 4.